The number of nitrogens with zero attached hydrogens (tertiary/aromatic N) is 2. The van der Waals surface area contributed by atoms with Gasteiger partial charge in [-0.25, -0.2) is 4.98 Å². The number of halogens is 1. The van der Waals surface area contributed by atoms with Gasteiger partial charge in [-0.05, 0) is 31.9 Å². The lowest BCUT2D eigenvalue weighted by atomic mass is 10.1. The lowest BCUT2D eigenvalue weighted by Crippen LogP contribution is -2.36. The van der Waals surface area contributed by atoms with E-state index in [2.05, 4.69) is 51.8 Å². The second-order valence-corrected chi connectivity index (χ2v) is 5.94. The number of hydrogen-bond acceptors (Lipinski definition) is 3. The van der Waals surface area contributed by atoms with Gasteiger partial charge in [-0.3, -0.25) is 4.99 Å². The predicted molar refractivity (Wildman–Crippen MR) is 114 cm³/mol. The quantitative estimate of drug-likeness (QED) is 0.398. The van der Waals surface area contributed by atoms with E-state index in [4.69, 9.17) is 4.74 Å². The number of hydrogen-bond donors (Lipinski definition) is 2. The van der Waals surface area contributed by atoms with Crippen LogP contribution in [-0.4, -0.2) is 24.1 Å². The molecule has 0 fully saturated rings. The minimum atomic E-state index is 0. The molecule has 0 unspecified atom stereocenters. The van der Waals surface area contributed by atoms with Crippen molar-refractivity contribution < 1.29 is 4.74 Å². The van der Waals surface area contributed by atoms with Gasteiger partial charge in [0.15, 0.2) is 5.96 Å². The van der Waals surface area contributed by atoms with Gasteiger partial charge in [0.1, 0.15) is 0 Å². The molecule has 0 radical (unpaired) electrons. The highest BCUT2D eigenvalue weighted by Gasteiger charge is 2.02. The third-order valence-corrected chi connectivity index (χ3v) is 3.38. The Kier molecular flexibility index (Phi) is 9.26. The summed E-state index contributed by atoms with van der Waals surface area (Å²) in [5.41, 5.74) is 3.56. The lowest BCUT2D eigenvalue weighted by Gasteiger charge is -2.13. The molecular weight excluding hydrogens is 427 g/mol. The number of benzene rings is 1. The Morgan fingerprint density at radius 3 is 2.40 bits per heavy atom. The maximum absolute atomic E-state index is 5.55. The Morgan fingerprint density at radius 1 is 1.12 bits per heavy atom. The number of rotatable bonds is 6. The highest BCUT2D eigenvalue weighted by Crippen LogP contribution is 2.09. The molecule has 0 amide bonds. The standard InChI is InChI=1S/C19H26N4O.HI/c1-14(2)24-18-9-8-17(12-21-18)13-23-19(20-4)22-11-16-7-5-6-15(3)10-16;/h5-10,12,14H,11,13H2,1-4H3,(H2,20,22,23);1H. The number of guanidine groups is 1. The Labute approximate surface area is 167 Å². The van der Waals surface area contributed by atoms with Crippen LogP contribution in [0.5, 0.6) is 5.88 Å². The Morgan fingerprint density at radius 2 is 1.84 bits per heavy atom. The Bertz CT molecular complexity index is 671. The minimum absolute atomic E-state index is 0. The lowest BCUT2D eigenvalue weighted by molar-refractivity contribution is 0.232. The van der Waals surface area contributed by atoms with Crippen LogP contribution in [0.3, 0.4) is 0 Å². The first-order valence-corrected chi connectivity index (χ1v) is 8.18. The summed E-state index contributed by atoms with van der Waals surface area (Å²) in [6.07, 6.45) is 1.95. The molecule has 0 saturated heterocycles. The van der Waals surface area contributed by atoms with E-state index in [9.17, 15) is 0 Å². The average molecular weight is 454 g/mol. The summed E-state index contributed by atoms with van der Waals surface area (Å²) < 4.78 is 5.55. The van der Waals surface area contributed by atoms with Crippen LogP contribution in [-0.2, 0) is 13.1 Å². The fourth-order valence-electron chi connectivity index (χ4n) is 2.24. The molecule has 6 heteroatoms. The number of ether oxygens (including phenoxy) is 1. The molecule has 0 aliphatic heterocycles. The van der Waals surface area contributed by atoms with Crippen molar-refractivity contribution in [1.29, 1.82) is 0 Å². The molecule has 2 rings (SSSR count). The smallest absolute Gasteiger partial charge is 0.213 e. The van der Waals surface area contributed by atoms with Crippen molar-refractivity contribution in [3.8, 4) is 5.88 Å². The van der Waals surface area contributed by atoms with E-state index >= 15 is 0 Å². The molecular formula is C19H27IN4O. The van der Waals surface area contributed by atoms with Gasteiger partial charge >= 0.3 is 0 Å². The van der Waals surface area contributed by atoms with E-state index in [1.165, 1.54) is 11.1 Å². The van der Waals surface area contributed by atoms with Gasteiger partial charge in [-0.15, -0.1) is 24.0 Å². The molecule has 0 saturated carbocycles. The third-order valence-electron chi connectivity index (χ3n) is 3.38. The van der Waals surface area contributed by atoms with Crippen molar-refractivity contribution in [2.24, 2.45) is 4.99 Å². The number of aromatic nitrogens is 1. The zero-order valence-electron chi connectivity index (χ0n) is 15.2. The van der Waals surface area contributed by atoms with Gasteiger partial charge < -0.3 is 15.4 Å². The van der Waals surface area contributed by atoms with Gasteiger partial charge in [0.05, 0.1) is 6.10 Å². The minimum Gasteiger partial charge on any atom is -0.475 e. The molecule has 2 aromatic rings. The van der Waals surface area contributed by atoms with Crippen LogP contribution in [0.1, 0.15) is 30.5 Å². The largest absolute Gasteiger partial charge is 0.475 e. The number of nitrogens with one attached hydrogen (secondary N) is 2. The van der Waals surface area contributed by atoms with Crippen molar-refractivity contribution >= 4 is 29.9 Å². The van der Waals surface area contributed by atoms with Crippen molar-refractivity contribution in [1.82, 2.24) is 15.6 Å². The molecule has 2 N–H and O–H groups in total. The number of aryl methyl sites for hydroxylation is 1. The van der Waals surface area contributed by atoms with Crippen LogP contribution in [0, 0.1) is 6.92 Å². The summed E-state index contributed by atoms with van der Waals surface area (Å²) in [5, 5.41) is 6.60. The zero-order chi connectivity index (χ0) is 17.4. The highest BCUT2D eigenvalue weighted by molar-refractivity contribution is 14.0. The normalized spacial score (nSPS) is 11.0. The summed E-state index contributed by atoms with van der Waals surface area (Å²) in [7, 11) is 1.77. The van der Waals surface area contributed by atoms with E-state index in [1.807, 2.05) is 32.2 Å². The van der Waals surface area contributed by atoms with Crippen molar-refractivity contribution in [2.75, 3.05) is 7.05 Å². The summed E-state index contributed by atoms with van der Waals surface area (Å²) in [5.74, 6) is 1.41. The first kappa shape index (κ1) is 21.2. The van der Waals surface area contributed by atoms with Gasteiger partial charge in [-0.1, -0.05) is 35.9 Å². The SMILES string of the molecule is CN=C(NCc1ccc(OC(C)C)nc1)NCc1cccc(C)c1.I. The van der Waals surface area contributed by atoms with Crippen LogP contribution in [0.15, 0.2) is 47.6 Å². The fraction of sp³-hybridized carbons (Fsp3) is 0.368. The zero-order valence-corrected chi connectivity index (χ0v) is 17.6. The fourth-order valence-corrected chi connectivity index (χ4v) is 2.24. The second-order valence-electron chi connectivity index (χ2n) is 5.94. The molecule has 0 bridgehead atoms. The summed E-state index contributed by atoms with van der Waals surface area (Å²) >= 11 is 0. The van der Waals surface area contributed by atoms with E-state index in [1.54, 1.807) is 7.05 Å². The van der Waals surface area contributed by atoms with Crippen molar-refractivity contribution in [3.05, 3.63) is 59.3 Å². The molecule has 1 aromatic carbocycles. The van der Waals surface area contributed by atoms with Crippen molar-refractivity contribution in [3.63, 3.8) is 0 Å². The van der Waals surface area contributed by atoms with E-state index in [-0.39, 0.29) is 30.1 Å². The summed E-state index contributed by atoms with van der Waals surface area (Å²) in [4.78, 5) is 8.55. The van der Waals surface area contributed by atoms with Gasteiger partial charge in [0.25, 0.3) is 0 Å². The van der Waals surface area contributed by atoms with Crippen LogP contribution >= 0.6 is 24.0 Å². The third kappa shape index (κ3) is 7.72. The molecule has 0 spiro atoms. The Hall–Kier alpha value is -1.83. The van der Waals surface area contributed by atoms with Crippen LogP contribution in [0.4, 0.5) is 0 Å². The molecule has 1 aromatic heterocycles. The van der Waals surface area contributed by atoms with Gasteiger partial charge in [0.2, 0.25) is 5.88 Å². The molecule has 25 heavy (non-hydrogen) atoms. The maximum atomic E-state index is 5.55. The molecule has 0 aliphatic rings. The van der Waals surface area contributed by atoms with E-state index in [0.717, 1.165) is 18.1 Å². The van der Waals surface area contributed by atoms with E-state index < -0.39 is 0 Å². The van der Waals surface area contributed by atoms with Crippen LogP contribution < -0.4 is 15.4 Å². The maximum Gasteiger partial charge on any atom is 0.213 e. The number of aliphatic imine (C=N–C) groups is 1. The average Bonchev–Trinajstić information content (AvgIpc) is 2.56. The monoisotopic (exact) mass is 454 g/mol. The molecule has 1 heterocycles. The topological polar surface area (TPSA) is 58.5 Å². The molecule has 0 atom stereocenters. The number of pyridine rings is 1. The van der Waals surface area contributed by atoms with Gasteiger partial charge in [-0.2, -0.15) is 0 Å². The van der Waals surface area contributed by atoms with Gasteiger partial charge in [0, 0.05) is 32.4 Å². The van der Waals surface area contributed by atoms with E-state index in [0.29, 0.717) is 12.4 Å². The summed E-state index contributed by atoms with van der Waals surface area (Å²) in [6, 6.07) is 12.3. The second kappa shape index (κ2) is 10.9. The molecule has 5 nitrogen and oxygen atoms in total. The molecule has 136 valence electrons. The first-order chi connectivity index (χ1) is 11.6. The molecule has 0 aliphatic carbocycles. The highest BCUT2D eigenvalue weighted by atomic mass is 127. The van der Waals surface area contributed by atoms with Crippen LogP contribution in [0.25, 0.3) is 0 Å². The summed E-state index contributed by atoms with van der Waals surface area (Å²) in [6.45, 7) is 7.46. The van der Waals surface area contributed by atoms with Crippen LogP contribution in [0.2, 0.25) is 0 Å². The predicted octanol–water partition coefficient (Wildman–Crippen LogP) is 3.66. The van der Waals surface area contributed by atoms with Crippen molar-refractivity contribution in [2.45, 2.75) is 40.0 Å². The Balaban J connectivity index is 0.00000312. The first-order valence-electron chi connectivity index (χ1n) is 8.18.